The van der Waals surface area contributed by atoms with Gasteiger partial charge in [-0.3, -0.25) is 0 Å². The zero-order chi connectivity index (χ0) is 13.8. The standard InChI is InChI=1S/C14H14N2O3/c1-19-9-6-7-12(10(8-9)14(17)18)16-13-5-3-2-4-11(13)15/h2-8,16H,15H2,1H3,(H,17,18). The zero-order valence-electron chi connectivity index (χ0n) is 10.4. The van der Waals surface area contributed by atoms with Crippen molar-refractivity contribution < 1.29 is 14.6 Å². The SMILES string of the molecule is COc1ccc(Nc2ccccc2N)c(C(=O)O)c1. The lowest BCUT2D eigenvalue weighted by Gasteiger charge is -2.12. The average molecular weight is 258 g/mol. The molecule has 0 aliphatic heterocycles. The molecule has 0 radical (unpaired) electrons. The number of carbonyl (C=O) groups is 1. The fraction of sp³-hybridized carbons (Fsp3) is 0.0714. The smallest absolute Gasteiger partial charge is 0.337 e. The Kier molecular flexibility index (Phi) is 3.56. The number of ether oxygens (including phenoxy) is 1. The van der Waals surface area contributed by atoms with Crippen LogP contribution in [0, 0.1) is 0 Å². The number of para-hydroxylation sites is 2. The summed E-state index contributed by atoms with van der Waals surface area (Å²) in [5, 5.41) is 12.2. The summed E-state index contributed by atoms with van der Waals surface area (Å²) in [6.07, 6.45) is 0. The first-order chi connectivity index (χ1) is 9.11. The van der Waals surface area contributed by atoms with Crippen LogP contribution in [0.5, 0.6) is 5.75 Å². The molecule has 4 N–H and O–H groups in total. The molecule has 0 heterocycles. The van der Waals surface area contributed by atoms with Crippen LogP contribution in [0.1, 0.15) is 10.4 Å². The van der Waals surface area contributed by atoms with Crippen LogP contribution in [0.4, 0.5) is 17.1 Å². The van der Waals surface area contributed by atoms with Crippen molar-refractivity contribution in [1.82, 2.24) is 0 Å². The van der Waals surface area contributed by atoms with Crippen LogP contribution in [0.25, 0.3) is 0 Å². The monoisotopic (exact) mass is 258 g/mol. The van der Waals surface area contributed by atoms with E-state index in [1.165, 1.54) is 13.2 Å². The van der Waals surface area contributed by atoms with Crippen molar-refractivity contribution in [3.8, 4) is 5.75 Å². The molecule has 0 saturated carbocycles. The third-order valence-corrected chi connectivity index (χ3v) is 2.69. The van der Waals surface area contributed by atoms with Gasteiger partial charge >= 0.3 is 5.97 Å². The molecule has 0 aliphatic rings. The van der Waals surface area contributed by atoms with Crippen LogP contribution in [0.2, 0.25) is 0 Å². The van der Waals surface area contributed by atoms with Gasteiger partial charge in [0.05, 0.1) is 29.7 Å². The predicted octanol–water partition coefficient (Wildman–Crippen LogP) is 2.72. The van der Waals surface area contributed by atoms with Gasteiger partial charge in [0.2, 0.25) is 0 Å². The summed E-state index contributed by atoms with van der Waals surface area (Å²) >= 11 is 0. The molecule has 0 saturated heterocycles. The van der Waals surface area contributed by atoms with Crippen LogP contribution in [0.3, 0.4) is 0 Å². The molecule has 5 heteroatoms. The van der Waals surface area contributed by atoms with Crippen molar-refractivity contribution in [1.29, 1.82) is 0 Å². The third kappa shape index (κ3) is 2.77. The van der Waals surface area contributed by atoms with Crippen molar-refractivity contribution in [2.75, 3.05) is 18.2 Å². The number of methoxy groups -OCH3 is 1. The Labute approximate surface area is 110 Å². The number of rotatable bonds is 4. The number of anilines is 3. The highest BCUT2D eigenvalue weighted by Crippen LogP contribution is 2.27. The summed E-state index contributed by atoms with van der Waals surface area (Å²) < 4.78 is 5.02. The highest BCUT2D eigenvalue weighted by atomic mass is 16.5. The number of aromatic carboxylic acids is 1. The quantitative estimate of drug-likeness (QED) is 0.734. The summed E-state index contributed by atoms with van der Waals surface area (Å²) in [6.45, 7) is 0. The first-order valence-corrected chi connectivity index (χ1v) is 5.64. The second-order valence-corrected chi connectivity index (χ2v) is 3.93. The molecule has 2 aromatic rings. The number of nitrogen functional groups attached to an aromatic ring is 1. The Morgan fingerprint density at radius 1 is 1.21 bits per heavy atom. The largest absolute Gasteiger partial charge is 0.497 e. The van der Waals surface area contributed by atoms with E-state index in [4.69, 9.17) is 10.5 Å². The van der Waals surface area contributed by atoms with E-state index in [0.29, 0.717) is 22.8 Å². The number of carboxylic acids is 1. The molecule has 2 aromatic carbocycles. The van der Waals surface area contributed by atoms with E-state index < -0.39 is 5.97 Å². The summed E-state index contributed by atoms with van der Waals surface area (Å²) in [6, 6.07) is 12.0. The fourth-order valence-corrected chi connectivity index (χ4v) is 1.69. The van der Waals surface area contributed by atoms with Gasteiger partial charge in [-0.05, 0) is 30.3 Å². The van der Waals surface area contributed by atoms with E-state index in [-0.39, 0.29) is 5.56 Å². The number of nitrogens with two attached hydrogens (primary N) is 1. The molecule has 0 unspecified atom stereocenters. The molecule has 0 fully saturated rings. The Balaban J connectivity index is 2.40. The Bertz CT molecular complexity index is 611. The summed E-state index contributed by atoms with van der Waals surface area (Å²) in [5.41, 5.74) is 7.62. The molecular formula is C14H14N2O3. The first-order valence-electron chi connectivity index (χ1n) is 5.64. The highest BCUT2D eigenvalue weighted by molar-refractivity contribution is 5.96. The van der Waals surface area contributed by atoms with E-state index in [1.54, 1.807) is 24.3 Å². The van der Waals surface area contributed by atoms with Gasteiger partial charge in [-0.15, -0.1) is 0 Å². The van der Waals surface area contributed by atoms with Gasteiger partial charge < -0.3 is 20.9 Å². The maximum absolute atomic E-state index is 11.2. The van der Waals surface area contributed by atoms with E-state index in [9.17, 15) is 9.90 Å². The van der Waals surface area contributed by atoms with Crippen molar-refractivity contribution in [2.24, 2.45) is 0 Å². The molecule has 0 aromatic heterocycles. The van der Waals surface area contributed by atoms with E-state index in [0.717, 1.165) is 0 Å². The number of nitrogens with one attached hydrogen (secondary N) is 1. The lowest BCUT2D eigenvalue weighted by atomic mass is 10.1. The van der Waals surface area contributed by atoms with Gasteiger partial charge in [-0.25, -0.2) is 4.79 Å². The molecule has 0 amide bonds. The minimum Gasteiger partial charge on any atom is -0.497 e. The molecule has 19 heavy (non-hydrogen) atoms. The molecule has 2 rings (SSSR count). The van der Waals surface area contributed by atoms with Crippen LogP contribution < -0.4 is 15.8 Å². The Hall–Kier alpha value is -2.69. The maximum atomic E-state index is 11.2. The lowest BCUT2D eigenvalue weighted by Crippen LogP contribution is -2.04. The molecule has 5 nitrogen and oxygen atoms in total. The van der Waals surface area contributed by atoms with Crippen molar-refractivity contribution >= 4 is 23.0 Å². The zero-order valence-corrected chi connectivity index (χ0v) is 10.4. The second kappa shape index (κ2) is 5.30. The average Bonchev–Trinajstić information content (AvgIpc) is 2.41. The highest BCUT2D eigenvalue weighted by Gasteiger charge is 2.12. The third-order valence-electron chi connectivity index (χ3n) is 2.69. The van der Waals surface area contributed by atoms with E-state index in [2.05, 4.69) is 5.32 Å². The molecule has 0 spiro atoms. The second-order valence-electron chi connectivity index (χ2n) is 3.93. The summed E-state index contributed by atoms with van der Waals surface area (Å²) in [7, 11) is 1.49. The normalized spacial score (nSPS) is 9.95. The van der Waals surface area contributed by atoms with Crippen molar-refractivity contribution in [3.05, 3.63) is 48.0 Å². The first kappa shape index (κ1) is 12.8. The Morgan fingerprint density at radius 3 is 2.58 bits per heavy atom. The van der Waals surface area contributed by atoms with E-state index in [1.807, 2.05) is 12.1 Å². The van der Waals surface area contributed by atoms with Crippen LogP contribution in [-0.2, 0) is 0 Å². The van der Waals surface area contributed by atoms with Crippen LogP contribution >= 0.6 is 0 Å². The lowest BCUT2D eigenvalue weighted by molar-refractivity contribution is 0.0697. The molecule has 0 atom stereocenters. The van der Waals surface area contributed by atoms with Gasteiger partial charge in [0, 0.05) is 0 Å². The van der Waals surface area contributed by atoms with Crippen LogP contribution in [0.15, 0.2) is 42.5 Å². The number of hydrogen-bond acceptors (Lipinski definition) is 4. The molecular weight excluding hydrogens is 244 g/mol. The van der Waals surface area contributed by atoms with Crippen molar-refractivity contribution in [2.45, 2.75) is 0 Å². The minimum atomic E-state index is -1.03. The number of benzene rings is 2. The maximum Gasteiger partial charge on any atom is 0.337 e. The van der Waals surface area contributed by atoms with Gasteiger partial charge in [0.1, 0.15) is 5.75 Å². The molecule has 0 bridgehead atoms. The summed E-state index contributed by atoms with van der Waals surface area (Å²) in [5.74, 6) is -0.542. The minimum absolute atomic E-state index is 0.127. The fourth-order valence-electron chi connectivity index (χ4n) is 1.69. The van der Waals surface area contributed by atoms with Gasteiger partial charge in [0.25, 0.3) is 0 Å². The molecule has 0 aliphatic carbocycles. The van der Waals surface area contributed by atoms with Gasteiger partial charge in [0.15, 0.2) is 0 Å². The number of hydrogen-bond donors (Lipinski definition) is 3. The van der Waals surface area contributed by atoms with Gasteiger partial charge in [-0.1, -0.05) is 12.1 Å². The van der Waals surface area contributed by atoms with Crippen molar-refractivity contribution in [3.63, 3.8) is 0 Å². The predicted molar refractivity (Wildman–Crippen MR) is 74.1 cm³/mol. The van der Waals surface area contributed by atoms with Crippen LogP contribution in [-0.4, -0.2) is 18.2 Å². The molecule has 98 valence electrons. The van der Waals surface area contributed by atoms with E-state index >= 15 is 0 Å². The summed E-state index contributed by atoms with van der Waals surface area (Å²) in [4.78, 5) is 11.2. The number of carboxylic acid groups (broad SMARTS) is 1. The Morgan fingerprint density at radius 2 is 1.95 bits per heavy atom. The topological polar surface area (TPSA) is 84.6 Å². The van der Waals surface area contributed by atoms with Gasteiger partial charge in [-0.2, -0.15) is 0 Å².